The van der Waals surface area contributed by atoms with Gasteiger partial charge < -0.3 is 15.2 Å². The molecule has 3 N–H and O–H groups in total. The number of aromatic amines is 1. The highest BCUT2D eigenvalue weighted by Gasteiger charge is 2.66. The fourth-order valence-electron chi connectivity index (χ4n) is 2.87. The van der Waals surface area contributed by atoms with Gasteiger partial charge in [-0.15, -0.1) is 16.9 Å². The number of nitrogens with zero attached hydrogens (tertiary/aromatic N) is 3. The molecule has 1 aromatic heterocycles. The SMILES string of the molecule is CO[C@@]1(NC(=O)CSC(F)(F)F)C(=O)N2C(C(=O)O)=C(CSc3c[nH]nn3)CS[C@H]21. The smallest absolute Gasteiger partial charge is 0.442 e. The zero-order valence-electron chi connectivity index (χ0n) is 15.1. The molecule has 0 aliphatic carbocycles. The fourth-order valence-corrected chi connectivity index (χ4v) is 5.60. The average molecular weight is 485 g/mol. The minimum Gasteiger partial charge on any atom is -0.477 e. The van der Waals surface area contributed by atoms with Gasteiger partial charge in [0.05, 0.1) is 11.9 Å². The Morgan fingerprint density at radius 3 is 2.83 bits per heavy atom. The molecule has 0 radical (unpaired) electrons. The van der Waals surface area contributed by atoms with Crippen molar-refractivity contribution in [2.75, 3.05) is 24.4 Å². The molecule has 0 spiro atoms. The molecule has 10 nitrogen and oxygen atoms in total. The Morgan fingerprint density at radius 1 is 1.53 bits per heavy atom. The number of methoxy groups -OCH3 is 1. The number of β-lactam (4-membered cyclic amide) rings is 1. The number of carboxylic acids is 1. The summed E-state index contributed by atoms with van der Waals surface area (Å²) in [5, 5.41) is 21.3. The Morgan fingerprint density at radius 2 is 2.27 bits per heavy atom. The Balaban J connectivity index is 1.76. The fraction of sp³-hybridized carbons (Fsp3) is 0.500. The molecule has 1 aromatic rings. The normalized spacial score (nSPS) is 23.8. The molecule has 16 heteroatoms. The van der Waals surface area contributed by atoms with Crippen LogP contribution in [-0.4, -0.2) is 84.2 Å². The molecule has 3 rings (SSSR count). The number of rotatable bonds is 8. The number of alkyl halides is 3. The van der Waals surface area contributed by atoms with Crippen LogP contribution in [0.2, 0.25) is 0 Å². The van der Waals surface area contributed by atoms with Crippen LogP contribution in [0.3, 0.4) is 0 Å². The molecular weight excluding hydrogens is 471 g/mol. The van der Waals surface area contributed by atoms with Crippen molar-refractivity contribution in [3.05, 3.63) is 17.5 Å². The summed E-state index contributed by atoms with van der Waals surface area (Å²) in [6.07, 6.45) is 1.53. The van der Waals surface area contributed by atoms with Crippen molar-refractivity contribution >= 4 is 53.1 Å². The van der Waals surface area contributed by atoms with Crippen molar-refractivity contribution in [1.82, 2.24) is 25.6 Å². The summed E-state index contributed by atoms with van der Waals surface area (Å²) in [4.78, 5) is 37.6. The summed E-state index contributed by atoms with van der Waals surface area (Å²) in [6, 6.07) is 0. The third-order valence-electron chi connectivity index (χ3n) is 4.12. The van der Waals surface area contributed by atoms with Crippen molar-refractivity contribution in [2.45, 2.75) is 21.6 Å². The number of ether oxygens (including phenoxy) is 1. The summed E-state index contributed by atoms with van der Waals surface area (Å²) in [5.41, 5.74) is -6.33. The van der Waals surface area contributed by atoms with E-state index in [9.17, 15) is 32.7 Å². The molecule has 0 unspecified atom stereocenters. The first-order chi connectivity index (χ1) is 14.1. The second kappa shape index (κ2) is 8.68. The number of aliphatic carboxylic acids is 1. The molecule has 0 saturated carbocycles. The Labute approximate surface area is 179 Å². The van der Waals surface area contributed by atoms with Crippen LogP contribution in [0.5, 0.6) is 0 Å². The summed E-state index contributed by atoms with van der Waals surface area (Å²) < 4.78 is 42.1. The Hall–Kier alpha value is -1.91. The largest absolute Gasteiger partial charge is 0.477 e. The predicted molar refractivity (Wildman–Crippen MR) is 101 cm³/mol. The van der Waals surface area contributed by atoms with Gasteiger partial charge in [0.2, 0.25) is 5.91 Å². The quantitative estimate of drug-likeness (QED) is 0.276. The maximum atomic E-state index is 12.8. The number of nitrogens with one attached hydrogen (secondary N) is 2. The van der Waals surface area contributed by atoms with E-state index < -0.39 is 51.9 Å². The van der Waals surface area contributed by atoms with E-state index in [1.54, 1.807) is 0 Å². The third-order valence-corrected chi connectivity index (χ3v) is 7.21. The monoisotopic (exact) mass is 485 g/mol. The lowest BCUT2D eigenvalue weighted by Crippen LogP contribution is -2.80. The van der Waals surface area contributed by atoms with Crippen molar-refractivity contribution in [1.29, 1.82) is 0 Å². The van der Waals surface area contributed by atoms with E-state index in [0.29, 0.717) is 10.6 Å². The van der Waals surface area contributed by atoms with Crippen LogP contribution in [0.4, 0.5) is 13.2 Å². The Kier molecular flexibility index (Phi) is 6.59. The predicted octanol–water partition coefficient (Wildman–Crippen LogP) is 0.862. The minimum absolute atomic E-state index is 0.208. The van der Waals surface area contributed by atoms with Gasteiger partial charge in [-0.25, -0.2) is 4.79 Å². The van der Waals surface area contributed by atoms with Crippen LogP contribution in [0.15, 0.2) is 22.5 Å². The van der Waals surface area contributed by atoms with Crippen molar-refractivity contribution in [3.63, 3.8) is 0 Å². The van der Waals surface area contributed by atoms with E-state index in [-0.39, 0.29) is 17.2 Å². The maximum absolute atomic E-state index is 12.8. The number of carbonyl (C=O) groups is 3. The zero-order chi connectivity index (χ0) is 22.1. The first-order valence-corrected chi connectivity index (χ1v) is 11.1. The lowest BCUT2D eigenvalue weighted by atomic mass is 9.98. The van der Waals surface area contributed by atoms with Crippen LogP contribution in [0.1, 0.15) is 0 Å². The van der Waals surface area contributed by atoms with Gasteiger partial charge >= 0.3 is 11.5 Å². The minimum atomic E-state index is -4.61. The van der Waals surface area contributed by atoms with Gasteiger partial charge in [0.25, 0.3) is 11.6 Å². The number of carbonyl (C=O) groups excluding carboxylic acids is 2. The zero-order valence-corrected chi connectivity index (χ0v) is 17.5. The number of hydrogen-bond acceptors (Lipinski definition) is 9. The number of H-pyrrole nitrogens is 1. The molecule has 2 atom stereocenters. The van der Waals surface area contributed by atoms with Gasteiger partial charge in [-0.3, -0.25) is 19.6 Å². The molecule has 2 amide bonds. The second-order valence-corrected chi connectivity index (χ2v) is 9.02. The molecule has 164 valence electrons. The van der Waals surface area contributed by atoms with Crippen molar-refractivity contribution in [2.24, 2.45) is 0 Å². The molecule has 3 heterocycles. The molecule has 2 aliphatic rings. The van der Waals surface area contributed by atoms with Gasteiger partial charge in [0, 0.05) is 18.6 Å². The summed E-state index contributed by atoms with van der Waals surface area (Å²) in [5.74, 6) is -3.78. The molecular formula is C14H14F3N5O5S3. The topological polar surface area (TPSA) is 138 Å². The van der Waals surface area contributed by atoms with Crippen LogP contribution < -0.4 is 5.32 Å². The molecule has 1 fully saturated rings. The van der Waals surface area contributed by atoms with Crippen LogP contribution in [0, 0.1) is 0 Å². The Bertz CT molecular complexity index is 881. The molecule has 1 saturated heterocycles. The van der Waals surface area contributed by atoms with Gasteiger partial charge in [0.15, 0.2) is 0 Å². The van der Waals surface area contributed by atoms with Gasteiger partial charge in [-0.05, 0) is 17.3 Å². The average Bonchev–Trinajstić information content (AvgIpc) is 3.20. The van der Waals surface area contributed by atoms with Crippen molar-refractivity contribution in [3.8, 4) is 0 Å². The van der Waals surface area contributed by atoms with Gasteiger partial charge in [-0.2, -0.15) is 13.2 Å². The summed E-state index contributed by atoms with van der Waals surface area (Å²) in [7, 11) is 1.12. The van der Waals surface area contributed by atoms with Crippen LogP contribution in [-0.2, 0) is 19.1 Å². The van der Waals surface area contributed by atoms with E-state index >= 15 is 0 Å². The third kappa shape index (κ3) is 4.40. The highest BCUT2D eigenvalue weighted by Crippen LogP contribution is 2.47. The van der Waals surface area contributed by atoms with E-state index in [1.165, 1.54) is 18.0 Å². The lowest BCUT2D eigenvalue weighted by Gasteiger charge is -2.55. The standard InChI is InChI=1S/C14H14F3N5O5S3/c1-27-13(19-7(23)5-30-14(15,16)17)11(26)22-9(10(24)25)6(4-29-12(13)22)3-28-8-2-18-21-20-8/h2,12H,3-5H2,1H3,(H,19,23)(H,24,25)(H,18,20,21)/t12-,13-/m0/s1. The first-order valence-electron chi connectivity index (χ1n) is 8.05. The lowest BCUT2D eigenvalue weighted by molar-refractivity contribution is -0.192. The molecule has 0 aromatic carbocycles. The van der Waals surface area contributed by atoms with E-state index in [2.05, 4.69) is 20.7 Å². The van der Waals surface area contributed by atoms with Crippen molar-refractivity contribution < 1.29 is 37.4 Å². The first kappa shape index (κ1) is 22.8. The number of carboxylic acid groups (broad SMARTS) is 1. The molecule has 30 heavy (non-hydrogen) atoms. The summed E-state index contributed by atoms with van der Waals surface area (Å²) >= 11 is 1.81. The number of amides is 2. The van der Waals surface area contributed by atoms with E-state index in [1.807, 2.05) is 0 Å². The highest BCUT2D eigenvalue weighted by atomic mass is 32.2. The number of aromatic nitrogens is 3. The van der Waals surface area contributed by atoms with E-state index in [4.69, 9.17) is 4.74 Å². The highest BCUT2D eigenvalue weighted by molar-refractivity contribution is 8.01. The van der Waals surface area contributed by atoms with E-state index in [0.717, 1.165) is 23.8 Å². The molecule has 0 bridgehead atoms. The van der Waals surface area contributed by atoms with Gasteiger partial charge in [0.1, 0.15) is 16.1 Å². The molecule has 2 aliphatic heterocycles. The summed E-state index contributed by atoms with van der Waals surface area (Å²) in [6.45, 7) is 0. The number of fused-ring (bicyclic) bond motifs is 1. The van der Waals surface area contributed by atoms with Crippen LogP contribution in [0.25, 0.3) is 0 Å². The van der Waals surface area contributed by atoms with Crippen LogP contribution >= 0.6 is 35.3 Å². The number of hydrogen-bond donors (Lipinski definition) is 3. The number of halogens is 3. The van der Waals surface area contributed by atoms with Gasteiger partial charge in [-0.1, -0.05) is 17.0 Å². The second-order valence-electron chi connectivity index (χ2n) is 5.92. The number of thioether (sulfide) groups is 3. The maximum Gasteiger partial charge on any atom is 0.442 e.